The predicted octanol–water partition coefficient (Wildman–Crippen LogP) is 1.28. The third kappa shape index (κ3) is 3.29. The van der Waals surface area contributed by atoms with Crippen LogP contribution in [0, 0.1) is 11.8 Å². The van der Waals surface area contributed by atoms with Gasteiger partial charge in [-0.1, -0.05) is 0 Å². The van der Waals surface area contributed by atoms with Crippen LogP contribution in [0.3, 0.4) is 0 Å². The molecule has 0 atom stereocenters. The highest BCUT2D eigenvalue weighted by Crippen LogP contribution is 2.30. The first-order chi connectivity index (χ1) is 6.77. The van der Waals surface area contributed by atoms with Gasteiger partial charge in [0, 0.05) is 12.5 Å². The molecule has 3 heteroatoms. The summed E-state index contributed by atoms with van der Waals surface area (Å²) in [7, 11) is 0. The Hall–Kier alpha value is -0.570. The number of carbonyl (C=O) groups is 1. The molecule has 0 heterocycles. The van der Waals surface area contributed by atoms with Crippen molar-refractivity contribution in [2.75, 3.05) is 13.1 Å². The van der Waals surface area contributed by atoms with Crippen LogP contribution in [-0.2, 0) is 4.79 Å². The summed E-state index contributed by atoms with van der Waals surface area (Å²) in [5.74, 6) is 1.29. The average Bonchev–Trinajstić information content (AvgIpc) is 2.20. The van der Waals surface area contributed by atoms with Crippen molar-refractivity contribution < 1.29 is 4.79 Å². The van der Waals surface area contributed by atoms with Crippen LogP contribution in [0.4, 0.5) is 0 Å². The van der Waals surface area contributed by atoms with E-state index in [-0.39, 0.29) is 11.8 Å². The van der Waals surface area contributed by atoms with Crippen molar-refractivity contribution in [2.45, 2.75) is 39.0 Å². The molecule has 1 amide bonds. The SMILES string of the molecule is CCNC(=O)C1CCC(CCN)CC1. The summed E-state index contributed by atoms with van der Waals surface area (Å²) in [5, 5.41) is 2.90. The van der Waals surface area contributed by atoms with E-state index in [0.29, 0.717) is 0 Å². The smallest absolute Gasteiger partial charge is 0.223 e. The average molecular weight is 198 g/mol. The maximum absolute atomic E-state index is 11.5. The molecule has 0 radical (unpaired) electrons. The molecule has 0 aliphatic heterocycles. The maximum atomic E-state index is 11.5. The lowest BCUT2D eigenvalue weighted by Crippen LogP contribution is -2.33. The zero-order valence-electron chi connectivity index (χ0n) is 9.09. The van der Waals surface area contributed by atoms with Gasteiger partial charge in [0.25, 0.3) is 0 Å². The number of carbonyl (C=O) groups excluding carboxylic acids is 1. The summed E-state index contributed by atoms with van der Waals surface area (Å²) < 4.78 is 0. The molecular formula is C11H22N2O. The number of hydrogen-bond donors (Lipinski definition) is 2. The largest absolute Gasteiger partial charge is 0.356 e. The Bertz CT molecular complexity index is 174. The third-order valence-corrected chi connectivity index (χ3v) is 3.14. The Morgan fingerprint density at radius 2 is 2.00 bits per heavy atom. The second-order valence-electron chi connectivity index (χ2n) is 4.19. The monoisotopic (exact) mass is 198 g/mol. The van der Waals surface area contributed by atoms with Crippen LogP contribution in [-0.4, -0.2) is 19.0 Å². The summed E-state index contributed by atoms with van der Waals surface area (Å²) in [6.07, 6.45) is 5.59. The van der Waals surface area contributed by atoms with E-state index in [1.807, 2.05) is 6.92 Å². The first-order valence-electron chi connectivity index (χ1n) is 5.75. The minimum absolute atomic E-state index is 0.249. The van der Waals surface area contributed by atoms with Crippen molar-refractivity contribution in [1.29, 1.82) is 0 Å². The van der Waals surface area contributed by atoms with Crippen LogP contribution in [0.15, 0.2) is 0 Å². The van der Waals surface area contributed by atoms with E-state index < -0.39 is 0 Å². The molecule has 0 unspecified atom stereocenters. The van der Waals surface area contributed by atoms with E-state index in [4.69, 9.17) is 5.73 Å². The zero-order chi connectivity index (χ0) is 10.4. The standard InChI is InChI=1S/C11H22N2O/c1-2-13-11(14)10-5-3-9(4-6-10)7-8-12/h9-10H,2-8,12H2,1H3,(H,13,14). The second-order valence-corrected chi connectivity index (χ2v) is 4.19. The molecule has 82 valence electrons. The van der Waals surface area contributed by atoms with E-state index in [1.54, 1.807) is 0 Å². The van der Waals surface area contributed by atoms with Gasteiger partial charge in [0.15, 0.2) is 0 Å². The van der Waals surface area contributed by atoms with Crippen molar-refractivity contribution in [3.05, 3.63) is 0 Å². The van der Waals surface area contributed by atoms with E-state index in [9.17, 15) is 4.79 Å². The van der Waals surface area contributed by atoms with Gasteiger partial charge >= 0.3 is 0 Å². The van der Waals surface area contributed by atoms with Crippen LogP contribution in [0.1, 0.15) is 39.0 Å². The van der Waals surface area contributed by atoms with E-state index in [2.05, 4.69) is 5.32 Å². The first kappa shape index (κ1) is 11.5. The van der Waals surface area contributed by atoms with Gasteiger partial charge in [0.05, 0.1) is 0 Å². The highest BCUT2D eigenvalue weighted by atomic mass is 16.1. The summed E-state index contributed by atoms with van der Waals surface area (Å²) in [4.78, 5) is 11.5. The summed E-state index contributed by atoms with van der Waals surface area (Å²) in [6, 6.07) is 0. The molecule has 0 saturated heterocycles. The van der Waals surface area contributed by atoms with E-state index in [1.165, 1.54) is 12.8 Å². The quantitative estimate of drug-likeness (QED) is 0.715. The molecule has 0 spiro atoms. The Kier molecular flexibility index (Phi) is 4.94. The minimum atomic E-state index is 0.249. The lowest BCUT2D eigenvalue weighted by molar-refractivity contribution is -0.126. The Balaban J connectivity index is 2.24. The first-order valence-corrected chi connectivity index (χ1v) is 5.75. The Labute approximate surface area is 86.4 Å². The van der Waals surface area contributed by atoms with Gasteiger partial charge in [0.2, 0.25) is 5.91 Å². The minimum Gasteiger partial charge on any atom is -0.356 e. The Morgan fingerprint density at radius 1 is 1.36 bits per heavy atom. The van der Waals surface area contributed by atoms with Crippen LogP contribution in [0.5, 0.6) is 0 Å². The molecule has 0 aromatic rings. The topological polar surface area (TPSA) is 55.1 Å². The number of nitrogens with two attached hydrogens (primary N) is 1. The Morgan fingerprint density at radius 3 is 2.50 bits per heavy atom. The molecular weight excluding hydrogens is 176 g/mol. The summed E-state index contributed by atoms with van der Waals surface area (Å²) >= 11 is 0. The molecule has 14 heavy (non-hydrogen) atoms. The lowest BCUT2D eigenvalue weighted by atomic mass is 9.80. The molecule has 0 aromatic heterocycles. The molecule has 3 N–H and O–H groups in total. The zero-order valence-corrected chi connectivity index (χ0v) is 9.09. The van der Waals surface area contributed by atoms with Gasteiger partial charge in [-0.3, -0.25) is 4.79 Å². The molecule has 3 nitrogen and oxygen atoms in total. The van der Waals surface area contributed by atoms with Crippen LogP contribution in [0.25, 0.3) is 0 Å². The molecule has 1 rings (SSSR count). The highest BCUT2D eigenvalue weighted by Gasteiger charge is 2.25. The van der Waals surface area contributed by atoms with Gasteiger partial charge in [-0.15, -0.1) is 0 Å². The van der Waals surface area contributed by atoms with Crippen molar-refractivity contribution in [2.24, 2.45) is 17.6 Å². The van der Waals surface area contributed by atoms with Crippen molar-refractivity contribution in [3.8, 4) is 0 Å². The van der Waals surface area contributed by atoms with Gasteiger partial charge in [-0.05, 0) is 51.5 Å². The van der Waals surface area contributed by atoms with Crippen molar-refractivity contribution >= 4 is 5.91 Å². The fourth-order valence-electron chi connectivity index (χ4n) is 2.27. The van der Waals surface area contributed by atoms with E-state index >= 15 is 0 Å². The molecule has 1 fully saturated rings. The van der Waals surface area contributed by atoms with Crippen molar-refractivity contribution in [3.63, 3.8) is 0 Å². The van der Waals surface area contributed by atoms with Crippen LogP contribution >= 0.6 is 0 Å². The molecule has 0 bridgehead atoms. The normalized spacial score (nSPS) is 27.3. The van der Waals surface area contributed by atoms with Crippen LogP contribution < -0.4 is 11.1 Å². The summed E-state index contributed by atoms with van der Waals surface area (Å²) in [5.41, 5.74) is 5.52. The van der Waals surface area contributed by atoms with E-state index in [0.717, 1.165) is 38.3 Å². The maximum Gasteiger partial charge on any atom is 0.223 e. The van der Waals surface area contributed by atoms with Crippen molar-refractivity contribution in [1.82, 2.24) is 5.32 Å². The van der Waals surface area contributed by atoms with Crippen LogP contribution in [0.2, 0.25) is 0 Å². The molecule has 1 saturated carbocycles. The highest BCUT2D eigenvalue weighted by molar-refractivity contribution is 5.78. The predicted molar refractivity (Wildman–Crippen MR) is 57.8 cm³/mol. The van der Waals surface area contributed by atoms with Gasteiger partial charge < -0.3 is 11.1 Å². The molecule has 0 aromatic carbocycles. The fourth-order valence-corrected chi connectivity index (χ4v) is 2.27. The number of amides is 1. The van der Waals surface area contributed by atoms with Gasteiger partial charge in [0.1, 0.15) is 0 Å². The third-order valence-electron chi connectivity index (χ3n) is 3.14. The number of rotatable bonds is 4. The summed E-state index contributed by atoms with van der Waals surface area (Å²) in [6.45, 7) is 3.51. The fraction of sp³-hybridized carbons (Fsp3) is 0.909. The molecule has 1 aliphatic carbocycles. The number of hydrogen-bond acceptors (Lipinski definition) is 2. The second kappa shape index (κ2) is 6.02. The van der Waals surface area contributed by atoms with Gasteiger partial charge in [-0.2, -0.15) is 0 Å². The lowest BCUT2D eigenvalue weighted by Gasteiger charge is -2.27. The van der Waals surface area contributed by atoms with Gasteiger partial charge in [-0.25, -0.2) is 0 Å². The number of nitrogens with one attached hydrogen (secondary N) is 1. The molecule has 1 aliphatic rings.